The van der Waals surface area contributed by atoms with Crippen molar-refractivity contribution in [3.8, 4) is 0 Å². The molecule has 0 aromatic heterocycles. The van der Waals surface area contributed by atoms with Gasteiger partial charge in [-0.1, -0.05) is 24.6 Å². The van der Waals surface area contributed by atoms with E-state index in [9.17, 15) is 4.79 Å². The van der Waals surface area contributed by atoms with Crippen molar-refractivity contribution in [2.75, 3.05) is 19.6 Å². The van der Waals surface area contributed by atoms with Gasteiger partial charge in [-0.3, -0.25) is 9.69 Å². The standard InChI is InChI=1S/C9H15ClN2O/c1-2-8-9(13)11-5-7-12(8)6-3-4-10/h3-4,8H,2,5-7H2,1H3,(H,11,13)/b4-3+. The zero-order valence-corrected chi connectivity index (χ0v) is 8.55. The van der Waals surface area contributed by atoms with Crippen LogP contribution in [-0.4, -0.2) is 36.5 Å². The van der Waals surface area contributed by atoms with E-state index >= 15 is 0 Å². The number of hydrogen-bond acceptors (Lipinski definition) is 2. The summed E-state index contributed by atoms with van der Waals surface area (Å²) in [6, 6.07) is 0.0154. The van der Waals surface area contributed by atoms with E-state index in [4.69, 9.17) is 11.6 Å². The van der Waals surface area contributed by atoms with Gasteiger partial charge in [-0.15, -0.1) is 0 Å². The van der Waals surface area contributed by atoms with Crippen LogP contribution in [0.1, 0.15) is 13.3 Å². The second-order valence-corrected chi connectivity index (χ2v) is 3.32. The predicted octanol–water partition coefficient (Wildman–Crippen LogP) is 0.949. The smallest absolute Gasteiger partial charge is 0.237 e. The number of nitrogens with zero attached hydrogens (tertiary/aromatic N) is 1. The second-order valence-electron chi connectivity index (χ2n) is 3.07. The van der Waals surface area contributed by atoms with Crippen molar-refractivity contribution >= 4 is 17.5 Å². The molecule has 13 heavy (non-hydrogen) atoms. The summed E-state index contributed by atoms with van der Waals surface area (Å²) in [5.41, 5.74) is 1.50. The van der Waals surface area contributed by atoms with E-state index in [0.29, 0.717) is 0 Å². The van der Waals surface area contributed by atoms with Crippen molar-refractivity contribution < 1.29 is 4.79 Å². The van der Waals surface area contributed by atoms with Crippen LogP contribution in [0.5, 0.6) is 0 Å². The molecule has 1 aliphatic rings. The van der Waals surface area contributed by atoms with E-state index < -0.39 is 0 Å². The van der Waals surface area contributed by atoms with E-state index in [1.165, 1.54) is 5.54 Å². The third-order valence-corrected chi connectivity index (χ3v) is 2.44. The summed E-state index contributed by atoms with van der Waals surface area (Å²) in [5, 5.41) is 2.85. The molecule has 0 bridgehead atoms. The minimum absolute atomic E-state index is 0.0154. The lowest BCUT2D eigenvalue weighted by Crippen LogP contribution is -2.54. The third-order valence-electron chi connectivity index (χ3n) is 2.26. The molecule has 74 valence electrons. The number of hydrogen-bond donors (Lipinski definition) is 1. The molecule has 0 saturated carbocycles. The van der Waals surface area contributed by atoms with Crippen molar-refractivity contribution in [3.05, 3.63) is 11.6 Å². The fourth-order valence-corrected chi connectivity index (χ4v) is 1.68. The Kier molecular flexibility index (Phi) is 4.25. The first-order valence-corrected chi connectivity index (χ1v) is 5.00. The zero-order valence-electron chi connectivity index (χ0n) is 7.79. The number of piperazine rings is 1. The molecule has 4 heteroatoms. The molecule has 1 unspecified atom stereocenters. The molecule has 0 aromatic rings. The molecule has 1 N–H and O–H groups in total. The zero-order chi connectivity index (χ0) is 9.68. The maximum atomic E-state index is 11.4. The Labute approximate surface area is 83.7 Å². The Morgan fingerprint density at radius 2 is 2.54 bits per heavy atom. The van der Waals surface area contributed by atoms with Gasteiger partial charge in [0.15, 0.2) is 0 Å². The van der Waals surface area contributed by atoms with Crippen LogP contribution in [0.3, 0.4) is 0 Å². The lowest BCUT2D eigenvalue weighted by atomic mass is 10.1. The van der Waals surface area contributed by atoms with Crippen LogP contribution in [0.15, 0.2) is 11.6 Å². The van der Waals surface area contributed by atoms with Gasteiger partial charge in [0.05, 0.1) is 6.04 Å². The Morgan fingerprint density at radius 1 is 1.77 bits per heavy atom. The highest BCUT2D eigenvalue weighted by atomic mass is 35.5. The molecule has 1 aliphatic heterocycles. The predicted molar refractivity (Wildman–Crippen MR) is 53.7 cm³/mol. The number of rotatable bonds is 3. The Bertz CT molecular complexity index is 206. The number of amides is 1. The van der Waals surface area contributed by atoms with Crippen LogP contribution in [0.25, 0.3) is 0 Å². The second kappa shape index (κ2) is 5.25. The average molecular weight is 203 g/mol. The minimum Gasteiger partial charge on any atom is -0.353 e. The summed E-state index contributed by atoms with van der Waals surface area (Å²) in [6.07, 6.45) is 2.71. The topological polar surface area (TPSA) is 32.3 Å². The molecular formula is C9H15ClN2O. The molecule has 1 amide bonds. The minimum atomic E-state index is 0.0154. The molecule has 0 spiro atoms. The molecule has 1 saturated heterocycles. The maximum Gasteiger partial charge on any atom is 0.237 e. The van der Waals surface area contributed by atoms with Crippen LogP contribution < -0.4 is 5.32 Å². The summed E-state index contributed by atoms with van der Waals surface area (Å²) in [7, 11) is 0. The highest BCUT2D eigenvalue weighted by Crippen LogP contribution is 2.07. The Hall–Kier alpha value is -0.540. The van der Waals surface area contributed by atoms with Crippen LogP contribution in [0.4, 0.5) is 0 Å². The van der Waals surface area contributed by atoms with Gasteiger partial charge in [-0.05, 0) is 6.42 Å². The highest BCUT2D eigenvalue weighted by molar-refractivity contribution is 6.25. The van der Waals surface area contributed by atoms with Crippen molar-refractivity contribution in [2.45, 2.75) is 19.4 Å². The summed E-state index contributed by atoms with van der Waals surface area (Å²) in [6.45, 7) is 4.43. The number of carbonyl (C=O) groups excluding carboxylic acids is 1. The van der Waals surface area contributed by atoms with Crippen LogP contribution >= 0.6 is 11.6 Å². The molecule has 1 heterocycles. The van der Waals surface area contributed by atoms with Gasteiger partial charge in [-0.2, -0.15) is 0 Å². The van der Waals surface area contributed by atoms with E-state index in [-0.39, 0.29) is 11.9 Å². The maximum absolute atomic E-state index is 11.4. The third kappa shape index (κ3) is 2.71. The summed E-state index contributed by atoms with van der Waals surface area (Å²) in [4.78, 5) is 13.5. The molecule has 0 radical (unpaired) electrons. The first-order chi connectivity index (χ1) is 6.29. The van der Waals surface area contributed by atoms with E-state index in [1.54, 1.807) is 0 Å². The molecule has 1 atom stereocenters. The van der Waals surface area contributed by atoms with Crippen LogP contribution in [0.2, 0.25) is 0 Å². The SMILES string of the molecule is CCC1C(=O)NCCN1C/C=C/Cl. The van der Waals surface area contributed by atoms with Gasteiger partial charge < -0.3 is 5.32 Å². The van der Waals surface area contributed by atoms with E-state index in [0.717, 1.165) is 26.1 Å². The lowest BCUT2D eigenvalue weighted by molar-refractivity contribution is -0.128. The first kappa shape index (κ1) is 10.5. The molecule has 0 aromatic carbocycles. The van der Waals surface area contributed by atoms with Gasteiger partial charge in [0.2, 0.25) is 5.91 Å². The number of halogens is 1. The summed E-state index contributed by atoms with van der Waals surface area (Å²) in [5.74, 6) is 0.136. The van der Waals surface area contributed by atoms with Crippen LogP contribution in [-0.2, 0) is 4.79 Å². The average Bonchev–Trinajstić information content (AvgIpc) is 2.15. The van der Waals surface area contributed by atoms with Crippen molar-refractivity contribution in [1.29, 1.82) is 0 Å². The fraction of sp³-hybridized carbons (Fsp3) is 0.667. The lowest BCUT2D eigenvalue weighted by Gasteiger charge is -2.33. The van der Waals surface area contributed by atoms with Gasteiger partial charge in [-0.25, -0.2) is 0 Å². The molecular weight excluding hydrogens is 188 g/mol. The monoisotopic (exact) mass is 202 g/mol. The molecule has 3 nitrogen and oxygen atoms in total. The largest absolute Gasteiger partial charge is 0.353 e. The quantitative estimate of drug-likeness (QED) is 0.739. The van der Waals surface area contributed by atoms with Gasteiger partial charge in [0.25, 0.3) is 0 Å². The van der Waals surface area contributed by atoms with Gasteiger partial charge in [0.1, 0.15) is 0 Å². The van der Waals surface area contributed by atoms with Gasteiger partial charge in [0, 0.05) is 25.2 Å². The number of carbonyl (C=O) groups is 1. The fourth-order valence-electron chi connectivity index (χ4n) is 1.60. The Morgan fingerprint density at radius 3 is 3.15 bits per heavy atom. The summed E-state index contributed by atoms with van der Waals surface area (Å²) < 4.78 is 0. The summed E-state index contributed by atoms with van der Waals surface area (Å²) >= 11 is 5.44. The highest BCUT2D eigenvalue weighted by Gasteiger charge is 2.26. The van der Waals surface area contributed by atoms with Crippen LogP contribution in [0, 0.1) is 0 Å². The Balaban J connectivity index is 2.53. The van der Waals surface area contributed by atoms with Crippen molar-refractivity contribution in [2.24, 2.45) is 0 Å². The first-order valence-electron chi connectivity index (χ1n) is 4.56. The number of nitrogens with one attached hydrogen (secondary N) is 1. The molecule has 1 fully saturated rings. The molecule has 1 rings (SSSR count). The van der Waals surface area contributed by atoms with Gasteiger partial charge >= 0.3 is 0 Å². The van der Waals surface area contributed by atoms with E-state index in [2.05, 4.69) is 10.2 Å². The van der Waals surface area contributed by atoms with Crippen molar-refractivity contribution in [1.82, 2.24) is 10.2 Å². The van der Waals surface area contributed by atoms with E-state index in [1.807, 2.05) is 13.0 Å². The molecule has 0 aliphatic carbocycles. The van der Waals surface area contributed by atoms with Crippen molar-refractivity contribution in [3.63, 3.8) is 0 Å². The normalized spacial score (nSPS) is 25.1.